The molecule has 5 nitrogen and oxygen atoms in total. The summed E-state index contributed by atoms with van der Waals surface area (Å²) in [7, 11) is 0. The molecule has 0 bridgehead atoms. The van der Waals surface area contributed by atoms with Crippen LogP contribution < -0.4 is 10.2 Å². The fourth-order valence-corrected chi connectivity index (χ4v) is 3.30. The molecular weight excluding hydrogens is 366 g/mol. The van der Waals surface area contributed by atoms with Crippen LogP contribution in [0.25, 0.3) is 0 Å². The number of carbonyl (C=O) groups excluding carboxylic acids is 1. The molecule has 2 heterocycles. The summed E-state index contributed by atoms with van der Waals surface area (Å²) in [5, 5.41) is 3.34. The molecule has 1 aromatic carbocycles. The number of anilines is 1. The van der Waals surface area contributed by atoms with Crippen LogP contribution in [0.15, 0.2) is 24.3 Å². The SMILES string of the molecule is C[C@H]1CNCCN1CC(=O)N1CCN(c2ccccc2F)CC1.Cl.Cl. The number of benzene rings is 1. The normalized spacial score (nSPS) is 21.3. The van der Waals surface area contributed by atoms with Gasteiger partial charge in [-0.05, 0) is 19.1 Å². The maximum absolute atomic E-state index is 13.8. The van der Waals surface area contributed by atoms with Crippen molar-refractivity contribution < 1.29 is 9.18 Å². The summed E-state index contributed by atoms with van der Waals surface area (Å²) in [6.07, 6.45) is 0. The number of amides is 1. The third-order valence-electron chi connectivity index (χ3n) is 4.80. The number of nitrogens with one attached hydrogen (secondary N) is 1. The van der Waals surface area contributed by atoms with Gasteiger partial charge in [0.05, 0.1) is 12.2 Å². The standard InChI is InChI=1S/C17H25FN4O.2ClH/c1-14-12-19-6-7-22(14)13-17(23)21-10-8-20(9-11-21)16-5-3-2-4-15(16)18;;/h2-5,14,19H,6-13H2,1H3;2*1H/t14-;;/m0../s1. The molecule has 0 radical (unpaired) electrons. The lowest BCUT2D eigenvalue weighted by molar-refractivity contribution is -0.133. The number of carbonyl (C=O) groups is 1. The average Bonchev–Trinajstić information content (AvgIpc) is 2.57. The van der Waals surface area contributed by atoms with Gasteiger partial charge in [0.2, 0.25) is 5.91 Å². The zero-order chi connectivity index (χ0) is 16.2. The lowest BCUT2D eigenvalue weighted by atomic mass is 10.2. The van der Waals surface area contributed by atoms with Crippen molar-refractivity contribution >= 4 is 36.4 Å². The molecule has 2 saturated heterocycles. The van der Waals surface area contributed by atoms with Gasteiger partial charge in [0, 0.05) is 51.9 Å². The Bertz CT molecular complexity index is 555. The lowest BCUT2D eigenvalue weighted by Crippen LogP contribution is -2.55. The Balaban J connectivity index is 0.00000156. The first-order valence-corrected chi connectivity index (χ1v) is 8.37. The highest BCUT2D eigenvalue weighted by Crippen LogP contribution is 2.20. The molecule has 1 amide bonds. The van der Waals surface area contributed by atoms with Crippen LogP contribution in [0.3, 0.4) is 0 Å². The van der Waals surface area contributed by atoms with Crippen LogP contribution in [0.5, 0.6) is 0 Å². The second-order valence-electron chi connectivity index (χ2n) is 6.34. The van der Waals surface area contributed by atoms with Crippen LogP contribution >= 0.6 is 24.8 Å². The van der Waals surface area contributed by atoms with Crippen molar-refractivity contribution in [1.82, 2.24) is 15.1 Å². The molecule has 2 fully saturated rings. The highest BCUT2D eigenvalue weighted by molar-refractivity contribution is 5.85. The van der Waals surface area contributed by atoms with E-state index in [2.05, 4.69) is 17.1 Å². The molecule has 0 aromatic heterocycles. The zero-order valence-electron chi connectivity index (χ0n) is 14.5. The van der Waals surface area contributed by atoms with Crippen molar-refractivity contribution in [2.75, 3.05) is 57.3 Å². The van der Waals surface area contributed by atoms with Gasteiger partial charge >= 0.3 is 0 Å². The predicted octanol–water partition coefficient (Wildman–Crippen LogP) is 1.61. The summed E-state index contributed by atoms with van der Waals surface area (Å²) in [6, 6.07) is 7.23. The maximum atomic E-state index is 13.8. The van der Waals surface area contributed by atoms with Gasteiger partial charge < -0.3 is 15.1 Å². The number of hydrogen-bond acceptors (Lipinski definition) is 4. The fraction of sp³-hybridized carbons (Fsp3) is 0.588. The molecule has 8 heteroatoms. The summed E-state index contributed by atoms with van der Waals surface area (Å²) >= 11 is 0. The van der Waals surface area contributed by atoms with E-state index in [1.165, 1.54) is 6.07 Å². The molecule has 1 atom stereocenters. The second-order valence-corrected chi connectivity index (χ2v) is 6.34. The van der Waals surface area contributed by atoms with E-state index in [0.717, 1.165) is 19.6 Å². The summed E-state index contributed by atoms with van der Waals surface area (Å²) < 4.78 is 13.8. The van der Waals surface area contributed by atoms with E-state index in [1.54, 1.807) is 12.1 Å². The van der Waals surface area contributed by atoms with E-state index in [-0.39, 0.29) is 36.5 Å². The number of hydrogen-bond donors (Lipinski definition) is 1. The van der Waals surface area contributed by atoms with Crippen LogP contribution in [0, 0.1) is 5.82 Å². The van der Waals surface area contributed by atoms with E-state index in [4.69, 9.17) is 0 Å². The minimum Gasteiger partial charge on any atom is -0.366 e. The maximum Gasteiger partial charge on any atom is 0.236 e. The van der Waals surface area contributed by atoms with E-state index >= 15 is 0 Å². The molecular formula is C17H27Cl2FN4O. The Morgan fingerprint density at radius 1 is 1.16 bits per heavy atom. The Kier molecular flexibility index (Phi) is 8.93. The monoisotopic (exact) mass is 392 g/mol. The molecule has 1 N–H and O–H groups in total. The van der Waals surface area contributed by atoms with Gasteiger partial charge in [-0.3, -0.25) is 9.69 Å². The summed E-state index contributed by atoms with van der Waals surface area (Å²) in [4.78, 5) is 18.7. The van der Waals surface area contributed by atoms with Crippen LogP contribution in [-0.2, 0) is 4.79 Å². The molecule has 0 aliphatic carbocycles. The number of piperazine rings is 2. The summed E-state index contributed by atoms with van der Waals surface area (Å²) in [6.45, 7) is 8.13. The molecule has 2 aliphatic rings. The predicted molar refractivity (Wildman–Crippen MR) is 104 cm³/mol. The first kappa shape index (κ1) is 22.0. The van der Waals surface area contributed by atoms with Crippen LogP contribution in [0.2, 0.25) is 0 Å². The summed E-state index contributed by atoms with van der Waals surface area (Å²) in [5.74, 6) is -0.00569. The average molecular weight is 393 g/mol. The Morgan fingerprint density at radius 2 is 1.84 bits per heavy atom. The number of halogens is 3. The molecule has 2 aliphatic heterocycles. The molecule has 25 heavy (non-hydrogen) atoms. The first-order valence-electron chi connectivity index (χ1n) is 8.37. The summed E-state index contributed by atoms with van der Waals surface area (Å²) in [5.41, 5.74) is 0.635. The van der Waals surface area contributed by atoms with Crippen LogP contribution in [0.4, 0.5) is 10.1 Å². The van der Waals surface area contributed by atoms with Crippen molar-refractivity contribution in [3.05, 3.63) is 30.1 Å². The van der Waals surface area contributed by atoms with Gasteiger partial charge in [-0.2, -0.15) is 0 Å². The second kappa shape index (κ2) is 10.2. The van der Waals surface area contributed by atoms with Crippen molar-refractivity contribution in [1.29, 1.82) is 0 Å². The largest absolute Gasteiger partial charge is 0.366 e. The van der Waals surface area contributed by atoms with Gasteiger partial charge in [-0.1, -0.05) is 12.1 Å². The third kappa shape index (κ3) is 5.45. The first-order chi connectivity index (χ1) is 11.1. The third-order valence-corrected chi connectivity index (χ3v) is 4.80. The van der Waals surface area contributed by atoms with Gasteiger partial charge in [0.15, 0.2) is 0 Å². The minimum absolute atomic E-state index is 0. The molecule has 0 saturated carbocycles. The van der Waals surface area contributed by atoms with Crippen LogP contribution in [-0.4, -0.2) is 74.1 Å². The smallest absolute Gasteiger partial charge is 0.236 e. The fourth-order valence-electron chi connectivity index (χ4n) is 3.30. The topological polar surface area (TPSA) is 38.8 Å². The number of para-hydroxylation sites is 1. The number of rotatable bonds is 3. The highest BCUT2D eigenvalue weighted by Gasteiger charge is 2.26. The molecule has 0 unspecified atom stereocenters. The number of nitrogens with zero attached hydrogens (tertiary/aromatic N) is 3. The lowest BCUT2D eigenvalue weighted by Gasteiger charge is -2.39. The van der Waals surface area contributed by atoms with Gasteiger partial charge in [-0.25, -0.2) is 4.39 Å². The molecule has 0 spiro atoms. The molecule has 142 valence electrons. The van der Waals surface area contributed by atoms with E-state index in [0.29, 0.717) is 44.5 Å². The van der Waals surface area contributed by atoms with Crippen molar-refractivity contribution in [2.24, 2.45) is 0 Å². The Morgan fingerprint density at radius 3 is 2.48 bits per heavy atom. The Hall–Kier alpha value is -1.08. The molecule has 3 rings (SSSR count). The van der Waals surface area contributed by atoms with Gasteiger partial charge in [0.1, 0.15) is 5.82 Å². The van der Waals surface area contributed by atoms with E-state index in [1.807, 2.05) is 15.9 Å². The highest BCUT2D eigenvalue weighted by atomic mass is 35.5. The van der Waals surface area contributed by atoms with Gasteiger partial charge in [-0.15, -0.1) is 24.8 Å². The quantitative estimate of drug-likeness (QED) is 0.847. The van der Waals surface area contributed by atoms with Crippen LogP contribution in [0.1, 0.15) is 6.92 Å². The van der Waals surface area contributed by atoms with Crippen molar-refractivity contribution in [3.63, 3.8) is 0 Å². The van der Waals surface area contributed by atoms with E-state index in [9.17, 15) is 9.18 Å². The zero-order valence-corrected chi connectivity index (χ0v) is 16.1. The van der Waals surface area contributed by atoms with Crippen molar-refractivity contribution in [3.8, 4) is 0 Å². The van der Waals surface area contributed by atoms with Crippen molar-refractivity contribution in [2.45, 2.75) is 13.0 Å². The minimum atomic E-state index is -0.193. The van der Waals surface area contributed by atoms with E-state index < -0.39 is 0 Å². The Labute approximate surface area is 161 Å². The van der Waals surface area contributed by atoms with Gasteiger partial charge in [0.25, 0.3) is 0 Å². The molecule has 1 aromatic rings.